The van der Waals surface area contributed by atoms with Crippen molar-refractivity contribution in [2.24, 2.45) is 0 Å². The monoisotopic (exact) mass is 272 g/mol. The molecule has 20 heavy (non-hydrogen) atoms. The number of rotatable bonds is 3. The van der Waals surface area contributed by atoms with Crippen LogP contribution in [0.1, 0.15) is 27.2 Å². The van der Waals surface area contributed by atoms with Crippen molar-refractivity contribution < 1.29 is 14.0 Å². The van der Waals surface area contributed by atoms with Gasteiger partial charge in [-0.3, -0.25) is 20.4 Å². The first kappa shape index (κ1) is 13.9. The molecule has 1 aromatic carbocycles. The minimum atomic E-state index is -0.395. The highest BCUT2D eigenvalue weighted by atomic mass is 16.3. The predicted molar refractivity (Wildman–Crippen MR) is 73.9 cm³/mol. The summed E-state index contributed by atoms with van der Waals surface area (Å²) in [5, 5.41) is 0. The topological polar surface area (TPSA) is 71.3 Å². The molecule has 0 unspecified atom stereocenters. The molecule has 0 saturated heterocycles. The summed E-state index contributed by atoms with van der Waals surface area (Å²) in [6, 6.07) is 9.21. The van der Waals surface area contributed by atoms with Crippen molar-refractivity contribution in [3.63, 3.8) is 0 Å². The quantitative estimate of drug-likeness (QED) is 0.838. The molecule has 0 saturated carbocycles. The van der Waals surface area contributed by atoms with Crippen molar-refractivity contribution in [2.75, 3.05) is 0 Å². The van der Waals surface area contributed by atoms with Gasteiger partial charge in [-0.25, -0.2) is 0 Å². The minimum absolute atomic E-state index is 0.213. The molecular weight excluding hydrogens is 256 g/mol. The van der Waals surface area contributed by atoms with Crippen LogP contribution in [0.5, 0.6) is 0 Å². The Hall–Kier alpha value is -2.56. The lowest BCUT2D eigenvalue weighted by atomic mass is 10.1. The Bertz CT molecular complexity index is 614. The molecule has 0 atom stereocenters. The van der Waals surface area contributed by atoms with E-state index in [1.807, 2.05) is 31.2 Å². The first-order chi connectivity index (χ1) is 9.56. The second-order valence-electron chi connectivity index (χ2n) is 4.56. The van der Waals surface area contributed by atoms with Gasteiger partial charge in [-0.1, -0.05) is 29.8 Å². The highest BCUT2D eigenvalue weighted by molar-refractivity contribution is 5.96. The van der Waals surface area contributed by atoms with Crippen molar-refractivity contribution in [3.8, 4) is 0 Å². The summed E-state index contributed by atoms with van der Waals surface area (Å²) in [4.78, 5) is 23.4. The molecule has 2 amide bonds. The SMILES string of the molecule is Cc1ccc(CC(=O)NNC(=O)c2ccoc2C)cc1. The van der Waals surface area contributed by atoms with Gasteiger partial charge >= 0.3 is 0 Å². The molecule has 5 heteroatoms. The number of benzene rings is 1. The fourth-order valence-electron chi connectivity index (χ4n) is 1.75. The third-order valence-electron chi connectivity index (χ3n) is 2.90. The lowest BCUT2D eigenvalue weighted by molar-refractivity contribution is -0.121. The second kappa shape index (κ2) is 6.06. The zero-order chi connectivity index (χ0) is 14.5. The fourth-order valence-corrected chi connectivity index (χ4v) is 1.75. The van der Waals surface area contributed by atoms with Crippen LogP contribution >= 0.6 is 0 Å². The van der Waals surface area contributed by atoms with E-state index in [4.69, 9.17) is 4.42 Å². The van der Waals surface area contributed by atoms with Gasteiger partial charge in [0.15, 0.2) is 0 Å². The maximum Gasteiger partial charge on any atom is 0.273 e. The zero-order valence-electron chi connectivity index (χ0n) is 11.4. The van der Waals surface area contributed by atoms with Crippen LogP contribution < -0.4 is 10.9 Å². The van der Waals surface area contributed by atoms with Crippen molar-refractivity contribution in [1.82, 2.24) is 10.9 Å². The average Bonchev–Trinajstić information content (AvgIpc) is 2.85. The van der Waals surface area contributed by atoms with Gasteiger partial charge in [-0.2, -0.15) is 0 Å². The summed E-state index contributed by atoms with van der Waals surface area (Å²) in [6.07, 6.45) is 1.64. The van der Waals surface area contributed by atoms with E-state index in [1.54, 1.807) is 13.0 Å². The molecule has 2 rings (SSSR count). The van der Waals surface area contributed by atoms with Crippen LogP contribution in [0.2, 0.25) is 0 Å². The predicted octanol–water partition coefficient (Wildman–Crippen LogP) is 1.90. The summed E-state index contributed by atoms with van der Waals surface area (Å²) in [7, 11) is 0. The van der Waals surface area contributed by atoms with Crippen LogP contribution in [0.15, 0.2) is 41.0 Å². The van der Waals surface area contributed by atoms with E-state index >= 15 is 0 Å². The maximum absolute atomic E-state index is 11.7. The number of nitrogens with one attached hydrogen (secondary N) is 2. The van der Waals surface area contributed by atoms with Crippen molar-refractivity contribution in [3.05, 3.63) is 59.0 Å². The van der Waals surface area contributed by atoms with Gasteiger partial charge in [0.2, 0.25) is 5.91 Å². The Labute approximate surface area is 117 Å². The Balaban J connectivity index is 1.85. The van der Waals surface area contributed by atoms with E-state index in [0.717, 1.165) is 11.1 Å². The Kier molecular flexibility index (Phi) is 4.20. The molecule has 1 aromatic heterocycles. The Morgan fingerprint density at radius 1 is 1.05 bits per heavy atom. The number of furan rings is 1. The molecule has 0 radical (unpaired) electrons. The van der Waals surface area contributed by atoms with Gasteiger partial charge in [0, 0.05) is 0 Å². The van der Waals surface area contributed by atoms with Crippen LogP contribution in [0.3, 0.4) is 0 Å². The van der Waals surface area contributed by atoms with Crippen molar-refractivity contribution in [1.29, 1.82) is 0 Å². The maximum atomic E-state index is 11.7. The number of aryl methyl sites for hydroxylation is 2. The van der Waals surface area contributed by atoms with E-state index in [2.05, 4.69) is 10.9 Å². The molecule has 104 valence electrons. The molecule has 0 aliphatic carbocycles. The molecule has 0 aliphatic rings. The number of amides is 2. The molecule has 2 aromatic rings. The van der Waals surface area contributed by atoms with Gasteiger partial charge < -0.3 is 4.42 Å². The lowest BCUT2D eigenvalue weighted by Gasteiger charge is -2.07. The van der Waals surface area contributed by atoms with E-state index in [1.165, 1.54) is 6.26 Å². The summed E-state index contributed by atoms with van der Waals surface area (Å²) in [6.45, 7) is 3.67. The third-order valence-corrected chi connectivity index (χ3v) is 2.90. The molecule has 0 fully saturated rings. The molecule has 0 aliphatic heterocycles. The zero-order valence-corrected chi connectivity index (χ0v) is 11.4. The summed E-state index contributed by atoms with van der Waals surface area (Å²) in [5.41, 5.74) is 7.17. The highest BCUT2D eigenvalue weighted by Crippen LogP contribution is 2.07. The number of hydrogen-bond acceptors (Lipinski definition) is 3. The Morgan fingerprint density at radius 3 is 2.35 bits per heavy atom. The third kappa shape index (κ3) is 3.47. The van der Waals surface area contributed by atoms with Gasteiger partial charge in [0.25, 0.3) is 5.91 Å². The molecule has 1 heterocycles. The van der Waals surface area contributed by atoms with Crippen LogP contribution in [0.25, 0.3) is 0 Å². The van der Waals surface area contributed by atoms with Crippen molar-refractivity contribution >= 4 is 11.8 Å². The standard InChI is InChI=1S/C15H16N2O3/c1-10-3-5-12(6-4-10)9-14(18)16-17-15(19)13-7-8-20-11(13)2/h3-8H,9H2,1-2H3,(H,16,18)(H,17,19). The van der Waals surface area contributed by atoms with Gasteiger partial charge in [-0.05, 0) is 25.5 Å². The smallest absolute Gasteiger partial charge is 0.273 e. The summed E-state index contributed by atoms with van der Waals surface area (Å²) in [5.74, 6) is -0.160. The summed E-state index contributed by atoms with van der Waals surface area (Å²) < 4.78 is 5.03. The van der Waals surface area contributed by atoms with Crippen LogP contribution in [-0.2, 0) is 11.2 Å². The van der Waals surface area contributed by atoms with E-state index in [0.29, 0.717) is 11.3 Å². The van der Waals surface area contributed by atoms with Gasteiger partial charge in [0.1, 0.15) is 5.76 Å². The lowest BCUT2D eigenvalue weighted by Crippen LogP contribution is -2.42. The fraction of sp³-hybridized carbons (Fsp3) is 0.200. The average molecular weight is 272 g/mol. The van der Waals surface area contributed by atoms with E-state index < -0.39 is 5.91 Å². The van der Waals surface area contributed by atoms with Crippen LogP contribution in [-0.4, -0.2) is 11.8 Å². The molecule has 2 N–H and O–H groups in total. The molecule has 5 nitrogen and oxygen atoms in total. The number of carbonyl (C=O) groups excluding carboxylic acids is 2. The van der Waals surface area contributed by atoms with E-state index in [-0.39, 0.29) is 12.3 Å². The van der Waals surface area contributed by atoms with Crippen LogP contribution in [0, 0.1) is 13.8 Å². The van der Waals surface area contributed by atoms with Gasteiger partial charge in [-0.15, -0.1) is 0 Å². The molecule has 0 spiro atoms. The highest BCUT2D eigenvalue weighted by Gasteiger charge is 2.12. The minimum Gasteiger partial charge on any atom is -0.469 e. The molecule has 0 bridgehead atoms. The first-order valence-corrected chi connectivity index (χ1v) is 6.25. The number of hydrogen-bond donors (Lipinski definition) is 2. The second-order valence-corrected chi connectivity index (χ2v) is 4.56. The molecular formula is C15H16N2O3. The Morgan fingerprint density at radius 2 is 1.75 bits per heavy atom. The van der Waals surface area contributed by atoms with Gasteiger partial charge in [0.05, 0.1) is 18.2 Å². The number of carbonyl (C=O) groups is 2. The van der Waals surface area contributed by atoms with E-state index in [9.17, 15) is 9.59 Å². The van der Waals surface area contributed by atoms with Crippen LogP contribution in [0.4, 0.5) is 0 Å². The summed E-state index contributed by atoms with van der Waals surface area (Å²) >= 11 is 0. The van der Waals surface area contributed by atoms with Crippen molar-refractivity contribution in [2.45, 2.75) is 20.3 Å². The normalized spacial score (nSPS) is 10.1. The largest absolute Gasteiger partial charge is 0.469 e. The first-order valence-electron chi connectivity index (χ1n) is 6.25. The number of hydrazine groups is 1.